The fourth-order valence-corrected chi connectivity index (χ4v) is 5.47. The summed E-state index contributed by atoms with van der Waals surface area (Å²) in [5, 5.41) is 8.97. The van der Waals surface area contributed by atoms with E-state index in [1.165, 1.54) is 5.57 Å². The first kappa shape index (κ1) is 21.8. The second-order valence-corrected chi connectivity index (χ2v) is 14.9. The molecule has 0 aromatic heterocycles. The first-order chi connectivity index (χ1) is 14.6. The summed E-state index contributed by atoms with van der Waals surface area (Å²) in [5.74, 6) is 0. The lowest BCUT2D eigenvalue weighted by Crippen LogP contribution is -2.50. The highest BCUT2D eigenvalue weighted by atomic mass is 28.4. The maximum absolute atomic E-state index is 8.76. The van der Waals surface area contributed by atoms with E-state index in [0.717, 1.165) is 36.1 Å². The van der Waals surface area contributed by atoms with Gasteiger partial charge in [-0.05, 0) is 48.2 Å². The van der Waals surface area contributed by atoms with Crippen LogP contribution >= 0.6 is 0 Å². The maximum atomic E-state index is 8.76. The van der Waals surface area contributed by atoms with Crippen molar-refractivity contribution < 1.29 is 4.43 Å². The van der Waals surface area contributed by atoms with Crippen LogP contribution < -0.4 is 0 Å². The monoisotopic (exact) mass is 430 g/mol. The highest BCUT2D eigenvalue weighted by molar-refractivity contribution is 6.74. The third-order valence-electron chi connectivity index (χ3n) is 6.96. The van der Waals surface area contributed by atoms with Gasteiger partial charge in [0.25, 0.3) is 0 Å². The van der Waals surface area contributed by atoms with Gasteiger partial charge in [-0.2, -0.15) is 0 Å². The van der Waals surface area contributed by atoms with Crippen molar-refractivity contribution in [1.82, 2.24) is 4.90 Å². The standard InChI is InChI=1S/C27H34N2OSi/c1-26(2,3)31(4,5)30-27(17-18-27)29-19-15-21(16-20-29)23-13-9-10-14-24(23)25(28)22-11-7-6-8-12-22/h6-16,19,28H,17-18,20H2,1-5H3. The smallest absolute Gasteiger partial charge is 0.195 e. The van der Waals surface area contributed by atoms with Gasteiger partial charge in [0.2, 0.25) is 0 Å². The predicted molar refractivity (Wildman–Crippen MR) is 133 cm³/mol. The van der Waals surface area contributed by atoms with E-state index >= 15 is 0 Å². The van der Waals surface area contributed by atoms with Gasteiger partial charge in [0.15, 0.2) is 8.32 Å². The summed E-state index contributed by atoms with van der Waals surface area (Å²) in [7, 11) is -1.83. The molecule has 0 amide bonds. The Morgan fingerprint density at radius 2 is 1.65 bits per heavy atom. The van der Waals surface area contributed by atoms with E-state index < -0.39 is 8.32 Å². The molecule has 162 valence electrons. The number of rotatable bonds is 6. The van der Waals surface area contributed by atoms with Gasteiger partial charge in [0.05, 0.1) is 5.71 Å². The zero-order valence-corrected chi connectivity index (χ0v) is 20.4. The number of allylic oxidation sites excluding steroid dienone is 2. The van der Waals surface area contributed by atoms with Crippen molar-refractivity contribution in [3.05, 3.63) is 89.6 Å². The lowest BCUT2D eigenvalue weighted by atomic mass is 9.92. The Bertz CT molecular complexity index is 1030. The summed E-state index contributed by atoms with van der Waals surface area (Å²) in [4.78, 5) is 2.38. The molecule has 1 aliphatic heterocycles. The third kappa shape index (κ3) is 4.32. The van der Waals surface area contributed by atoms with E-state index in [4.69, 9.17) is 9.84 Å². The minimum absolute atomic E-state index is 0.127. The number of benzene rings is 2. The number of nitrogens with one attached hydrogen (secondary N) is 1. The summed E-state index contributed by atoms with van der Waals surface area (Å²) in [5.41, 5.74) is 4.64. The van der Waals surface area contributed by atoms with Gasteiger partial charge < -0.3 is 9.33 Å². The van der Waals surface area contributed by atoms with Crippen LogP contribution in [0, 0.1) is 5.41 Å². The average molecular weight is 431 g/mol. The van der Waals surface area contributed by atoms with Gasteiger partial charge in [-0.25, -0.2) is 0 Å². The minimum Gasteiger partial charge on any atom is -0.395 e. The van der Waals surface area contributed by atoms with Crippen LogP contribution in [-0.4, -0.2) is 31.2 Å². The van der Waals surface area contributed by atoms with E-state index in [1.54, 1.807) is 0 Å². The van der Waals surface area contributed by atoms with Gasteiger partial charge in [0.1, 0.15) is 5.72 Å². The van der Waals surface area contributed by atoms with Gasteiger partial charge >= 0.3 is 0 Å². The molecule has 1 aliphatic carbocycles. The quantitative estimate of drug-likeness (QED) is 0.403. The van der Waals surface area contributed by atoms with Crippen LogP contribution in [0.5, 0.6) is 0 Å². The van der Waals surface area contributed by atoms with Crippen molar-refractivity contribution in [1.29, 1.82) is 5.41 Å². The first-order valence-electron chi connectivity index (χ1n) is 11.2. The molecule has 1 N–H and O–H groups in total. The van der Waals surface area contributed by atoms with Crippen molar-refractivity contribution in [2.75, 3.05) is 6.54 Å². The normalized spacial score (nSPS) is 18.0. The topological polar surface area (TPSA) is 36.3 Å². The SMILES string of the molecule is CC(C)(C)[Si](C)(C)OC1(N2C=CC(c3ccccc3C(=N)c3ccccc3)=CC2)CC1. The van der Waals surface area contributed by atoms with Crippen LogP contribution in [0.25, 0.3) is 5.57 Å². The summed E-state index contributed by atoms with van der Waals surface area (Å²) in [6.07, 6.45) is 8.88. The first-order valence-corrected chi connectivity index (χ1v) is 14.1. The Hall–Kier alpha value is -2.43. The molecule has 2 aromatic carbocycles. The van der Waals surface area contributed by atoms with E-state index in [2.05, 4.69) is 75.3 Å². The predicted octanol–water partition coefficient (Wildman–Crippen LogP) is 6.83. The Balaban J connectivity index is 1.54. The maximum Gasteiger partial charge on any atom is 0.195 e. The minimum atomic E-state index is -1.83. The van der Waals surface area contributed by atoms with E-state index in [9.17, 15) is 0 Å². The van der Waals surface area contributed by atoms with Crippen molar-refractivity contribution >= 4 is 19.6 Å². The largest absolute Gasteiger partial charge is 0.395 e. The molecule has 0 spiro atoms. The van der Waals surface area contributed by atoms with E-state index in [0.29, 0.717) is 5.71 Å². The molecule has 0 atom stereocenters. The third-order valence-corrected chi connectivity index (χ3v) is 11.5. The summed E-state index contributed by atoms with van der Waals surface area (Å²) in [6, 6.07) is 18.2. The molecule has 2 aromatic rings. The molecule has 4 heteroatoms. The lowest BCUT2D eigenvalue weighted by Gasteiger charge is -2.43. The van der Waals surface area contributed by atoms with E-state index in [1.807, 2.05) is 36.4 Å². The molecule has 2 aliphatic rings. The molecule has 1 heterocycles. The van der Waals surface area contributed by atoms with Crippen molar-refractivity contribution in [2.24, 2.45) is 0 Å². The fraction of sp³-hybridized carbons (Fsp3) is 0.370. The molecule has 31 heavy (non-hydrogen) atoms. The van der Waals surface area contributed by atoms with Crippen molar-refractivity contribution in [3.8, 4) is 0 Å². The zero-order valence-electron chi connectivity index (χ0n) is 19.4. The van der Waals surface area contributed by atoms with Crippen LogP contribution in [0.1, 0.15) is 50.3 Å². The van der Waals surface area contributed by atoms with Gasteiger partial charge in [-0.15, -0.1) is 0 Å². The van der Waals surface area contributed by atoms with Crippen LogP contribution in [0.4, 0.5) is 0 Å². The lowest BCUT2D eigenvalue weighted by molar-refractivity contribution is 0.0295. The number of hydrogen-bond acceptors (Lipinski definition) is 3. The van der Waals surface area contributed by atoms with Crippen LogP contribution in [-0.2, 0) is 4.43 Å². The molecule has 0 radical (unpaired) electrons. The Morgan fingerprint density at radius 1 is 1.00 bits per heavy atom. The molecule has 3 nitrogen and oxygen atoms in total. The fourth-order valence-electron chi connectivity index (χ4n) is 3.89. The highest BCUT2D eigenvalue weighted by Gasteiger charge is 2.54. The van der Waals surface area contributed by atoms with Gasteiger partial charge in [-0.1, -0.05) is 81.4 Å². The molecular weight excluding hydrogens is 396 g/mol. The molecule has 0 unspecified atom stereocenters. The summed E-state index contributed by atoms with van der Waals surface area (Å²) >= 11 is 0. The number of nitrogens with zero attached hydrogens (tertiary/aromatic N) is 1. The second kappa shape index (κ2) is 7.92. The highest BCUT2D eigenvalue weighted by Crippen LogP contribution is 2.50. The molecular formula is C27H34N2OSi. The zero-order chi connectivity index (χ0) is 22.3. The molecule has 1 fully saturated rings. The molecule has 0 saturated heterocycles. The average Bonchev–Trinajstić information content (AvgIpc) is 3.53. The van der Waals surface area contributed by atoms with Gasteiger partial charge in [-0.3, -0.25) is 5.41 Å². The second-order valence-electron chi connectivity index (χ2n) is 10.2. The summed E-state index contributed by atoms with van der Waals surface area (Å²) < 4.78 is 6.85. The van der Waals surface area contributed by atoms with Crippen molar-refractivity contribution in [3.63, 3.8) is 0 Å². The molecule has 1 saturated carbocycles. The Morgan fingerprint density at radius 3 is 2.23 bits per heavy atom. The van der Waals surface area contributed by atoms with Crippen molar-refractivity contribution in [2.45, 2.75) is 57.5 Å². The van der Waals surface area contributed by atoms with Crippen LogP contribution in [0.3, 0.4) is 0 Å². The summed E-state index contributed by atoms with van der Waals surface area (Å²) in [6.45, 7) is 12.4. The molecule has 4 rings (SSSR count). The Labute approximate surface area is 188 Å². The molecule has 0 bridgehead atoms. The number of hydrogen-bond donors (Lipinski definition) is 1. The Kier molecular flexibility index (Phi) is 5.57. The van der Waals surface area contributed by atoms with Crippen LogP contribution in [0.15, 0.2) is 72.9 Å². The van der Waals surface area contributed by atoms with Crippen LogP contribution in [0.2, 0.25) is 18.1 Å². The van der Waals surface area contributed by atoms with Gasteiger partial charge in [0, 0.05) is 23.9 Å². The van der Waals surface area contributed by atoms with E-state index in [-0.39, 0.29) is 10.8 Å².